The Morgan fingerprint density at radius 3 is 2.40 bits per heavy atom. The average Bonchev–Trinajstić information content (AvgIpc) is 2.20. The Morgan fingerprint density at radius 1 is 1.20 bits per heavy atom. The van der Waals surface area contributed by atoms with Crippen LogP contribution >= 0.6 is 15.9 Å². The van der Waals surface area contributed by atoms with Gasteiger partial charge < -0.3 is 4.90 Å². The van der Waals surface area contributed by atoms with Crippen molar-refractivity contribution in [2.75, 3.05) is 18.0 Å². The quantitative estimate of drug-likeness (QED) is 0.790. The summed E-state index contributed by atoms with van der Waals surface area (Å²) in [7, 11) is 0. The van der Waals surface area contributed by atoms with Gasteiger partial charge in [-0.3, -0.25) is 0 Å². The molecule has 15 heavy (non-hydrogen) atoms. The van der Waals surface area contributed by atoms with E-state index < -0.39 is 5.92 Å². The fourth-order valence-corrected chi connectivity index (χ4v) is 1.75. The summed E-state index contributed by atoms with van der Waals surface area (Å²) in [4.78, 5) is 1.83. The molecular weight excluding hydrogens is 268 g/mol. The van der Waals surface area contributed by atoms with Crippen LogP contribution in [0, 0.1) is 0 Å². The highest BCUT2D eigenvalue weighted by Gasteiger charge is 2.34. The van der Waals surface area contributed by atoms with Gasteiger partial charge in [0.25, 0.3) is 5.92 Å². The topological polar surface area (TPSA) is 29.0 Å². The molecule has 1 aliphatic heterocycles. The van der Waals surface area contributed by atoms with E-state index >= 15 is 0 Å². The zero-order chi connectivity index (χ0) is 10.9. The molecular formula is C9H10BrF2N3. The number of rotatable bonds is 1. The minimum absolute atomic E-state index is 0.106. The van der Waals surface area contributed by atoms with Crippen molar-refractivity contribution in [3.63, 3.8) is 0 Å². The molecule has 0 unspecified atom stereocenters. The van der Waals surface area contributed by atoms with Gasteiger partial charge in [0.15, 0.2) is 5.82 Å². The van der Waals surface area contributed by atoms with E-state index in [0.717, 1.165) is 0 Å². The van der Waals surface area contributed by atoms with Gasteiger partial charge in [-0.2, -0.15) is 0 Å². The molecule has 1 aliphatic rings. The molecule has 0 spiro atoms. The fraction of sp³-hybridized carbons (Fsp3) is 0.556. The third-order valence-electron chi connectivity index (χ3n) is 2.44. The van der Waals surface area contributed by atoms with Gasteiger partial charge in [0.1, 0.15) is 4.60 Å². The van der Waals surface area contributed by atoms with Gasteiger partial charge in [0, 0.05) is 25.9 Å². The molecule has 0 saturated carbocycles. The van der Waals surface area contributed by atoms with Crippen LogP contribution in [0.4, 0.5) is 14.6 Å². The molecule has 0 N–H and O–H groups in total. The highest BCUT2D eigenvalue weighted by Crippen LogP contribution is 2.29. The lowest BCUT2D eigenvalue weighted by atomic mass is 10.1. The molecule has 0 aromatic carbocycles. The number of hydrogen-bond acceptors (Lipinski definition) is 3. The van der Waals surface area contributed by atoms with Gasteiger partial charge in [-0.15, -0.1) is 10.2 Å². The molecule has 0 amide bonds. The van der Waals surface area contributed by atoms with Crippen molar-refractivity contribution < 1.29 is 8.78 Å². The minimum atomic E-state index is -2.51. The highest BCUT2D eigenvalue weighted by atomic mass is 79.9. The summed E-state index contributed by atoms with van der Waals surface area (Å²) >= 11 is 3.18. The lowest BCUT2D eigenvalue weighted by Gasteiger charge is -2.32. The fourth-order valence-electron chi connectivity index (χ4n) is 1.54. The predicted octanol–water partition coefficient (Wildman–Crippen LogP) is 2.47. The van der Waals surface area contributed by atoms with Crippen LogP contribution < -0.4 is 4.90 Å². The first kappa shape index (κ1) is 10.7. The molecule has 0 bridgehead atoms. The standard InChI is InChI=1S/C9H10BrF2N3/c10-7-1-2-8(14-13-7)15-5-3-9(11,12)4-6-15/h1-2H,3-6H2. The summed E-state index contributed by atoms with van der Waals surface area (Å²) in [6.07, 6.45) is -0.213. The molecule has 2 heterocycles. The number of nitrogens with zero attached hydrogens (tertiary/aromatic N) is 3. The molecule has 0 aliphatic carbocycles. The minimum Gasteiger partial charge on any atom is -0.355 e. The summed E-state index contributed by atoms with van der Waals surface area (Å²) in [5.41, 5.74) is 0. The molecule has 0 atom stereocenters. The third-order valence-corrected chi connectivity index (χ3v) is 2.86. The molecule has 3 nitrogen and oxygen atoms in total. The molecule has 1 aromatic rings. The van der Waals surface area contributed by atoms with Crippen LogP contribution in [0.25, 0.3) is 0 Å². The van der Waals surface area contributed by atoms with E-state index in [1.54, 1.807) is 12.1 Å². The van der Waals surface area contributed by atoms with Gasteiger partial charge in [-0.25, -0.2) is 8.78 Å². The monoisotopic (exact) mass is 277 g/mol. The van der Waals surface area contributed by atoms with Gasteiger partial charge in [0.05, 0.1) is 0 Å². The first-order chi connectivity index (χ1) is 7.07. The van der Waals surface area contributed by atoms with Crippen molar-refractivity contribution in [1.82, 2.24) is 10.2 Å². The predicted molar refractivity (Wildman–Crippen MR) is 56.1 cm³/mol. The lowest BCUT2D eigenvalue weighted by molar-refractivity contribution is -0.0221. The maximum atomic E-state index is 12.9. The number of aromatic nitrogens is 2. The molecule has 1 saturated heterocycles. The van der Waals surface area contributed by atoms with Crippen molar-refractivity contribution in [3.8, 4) is 0 Å². The van der Waals surface area contributed by atoms with Crippen LogP contribution in [-0.4, -0.2) is 29.2 Å². The summed E-state index contributed by atoms with van der Waals surface area (Å²) in [5.74, 6) is -1.85. The Hall–Kier alpha value is -0.780. The number of piperidine rings is 1. The number of alkyl halides is 2. The van der Waals surface area contributed by atoms with Crippen LogP contribution in [0.3, 0.4) is 0 Å². The SMILES string of the molecule is FC1(F)CCN(c2ccc(Br)nn2)CC1. The maximum absolute atomic E-state index is 12.9. The van der Waals surface area contributed by atoms with Crippen LogP contribution in [0.1, 0.15) is 12.8 Å². The molecule has 6 heteroatoms. The van der Waals surface area contributed by atoms with E-state index in [0.29, 0.717) is 23.5 Å². The van der Waals surface area contributed by atoms with Gasteiger partial charge in [-0.05, 0) is 28.1 Å². The van der Waals surface area contributed by atoms with Crippen LogP contribution in [0.5, 0.6) is 0 Å². The number of hydrogen-bond donors (Lipinski definition) is 0. The van der Waals surface area contributed by atoms with Crippen LogP contribution in [-0.2, 0) is 0 Å². The zero-order valence-electron chi connectivity index (χ0n) is 7.96. The van der Waals surface area contributed by atoms with Crippen molar-refractivity contribution in [1.29, 1.82) is 0 Å². The summed E-state index contributed by atoms with van der Waals surface area (Å²) in [5, 5.41) is 7.76. The zero-order valence-corrected chi connectivity index (χ0v) is 9.54. The van der Waals surface area contributed by atoms with E-state index in [4.69, 9.17) is 0 Å². The second-order valence-electron chi connectivity index (χ2n) is 3.56. The van der Waals surface area contributed by atoms with E-state index in [9.17, 15) is 8.78 Å². The van der Waals surface area contributed by atoms with Gasteiger partial charge >= 0.3 is 0 Å². The molecule has 0 radical (unpaired) electrons. The highest BCUT2D eigenvalue weighted by molar-refractivity contribution is 9.10. The summed E-state index contributed by atoms with van der Waals surface area (Å²) in [6, 6.07) is 3.54. The second-order valence-corrected chi connectivity index (χ2v) is 4.37. The van der Waals surface area contributed by atoms with E-state index in [1.165, 1.54) is 0 Å². The summed E-state index contributed by atoms with van der Waals surface area (Å²) in [6.45, 7) is 0.673. The van der Waals surface area contributed by atoms with Gasteiger partial charge in [0.2, 0.25) is 0 Å². The van der Waals surface area contributed by atoms with E-state index in [-0.39, 0.29) is 12.8 Å². The average molecular weight is 278 g/mol. The van der Waals surface area contributed by atoms with E-state index in [2.05, 4.69) is 26.1 Å². The Bertz CT molecular complexity index is 332. The third kappa shape index (κ3) is 2.62. The normalized spacial score (nSPS) is 20.3. The Kier molecular flexibility index (Phi) is 2.86. The molecule has 82 valence electrons. The van der Waals surface area contributed by atoms with Crippen molar-refractivity contribution in [2.45, 2.75) is 18.8 Å². The lowest BCUT2D eigenvalue weighted by Crippen LogP contribution is -2.39. The van der Waals surface area contributed by atoms with E-state index in [1.807, 2.05) is 4.90 Å². The van der Waals surface area contributed by atoms with Crippen LogP contribution in [0.15, 0.2) is 16.7 Å². The molecule has 1 fully saturated rings. The number of halogens is 3. The summed E-state index contributed by atoms with van der Waals surface area (Å²) < 4.78 is 26.4. The largest absolute Gasteiger partial charge is 0.355 e. The molecule has 1 aromatic heterocycles. The van der Waals surface area contributed by atoms with Crippen molar-refractivity contribution in [2.24, 2.45) is 0 Å². The smallest absolute Gasteiger partial charge is 0.251 e. The second kappa shape index (κ2) is 4.00. The Morgan fingerprint density at radius 2 is 1.87 bits per heavy atom. The Balaban J connectivity index is 2.04. The van der Waals surface area contributed by atoms with Crippen LogP contribution in [0.2, 0.25) is 0 Å². The maximum Gasteiger partial charge on any atom is 0.251 e. The Labute approximate surface area is 94.6 Å². The van der Waals surface area contributed by atoms with Crippen molar-refractivity contribution >= 4 is 21.7 Å². The van der Waals surface area contributed by atoms with Crippen molar-refractivity contribution in [3.05, 3.63) is 16.7 Å². The number of anilines is 1. The first-order valence-electron chi connectivity index (χ1n) is 4.69. The first-order valence-corrected chi connectivity index (χ1v) is 5.48. The van der Waals surface area contributed by atoms with Gasteiger partial charge in [-0.1, -0.05) is 0 Å². The molecule has 2 rings (SSSR count).